The SMILES string of the molecule is O=C(O)c1ccc2nc(CC3CC=C(c4cccnc4OCc4ccc(Cl)cc4F)CC3)n(CC3CCO3)c2n1. The second-order valence-electron chi connectivity index (χ2n) is 10.2. The number of pyridine rings is 2. The van der Waals surface area contributed by atoms with Crippen molar-refractivity contribution in [1.82, 2.24) is 19.5 Å². The number of nitrogens with zero attached hydrogens (tertiary/aromatic N) is 4. The van der Waals surface area contributed by atoms with Gasteiger partial charge in [0.25, 0.3) is 0 Å². The summed E-state index contributed by atoms with van der Waals surface area (Å²) in [4.78, 5) is 25.2. The Kier molecular flexibility index (Phi) is 7.49. The van der Waals surface area contributed by atoms with Crippen LogP contribution in [-0.2, 0) is 24.3 Å². The van der Waals surface area contributed by atoms with Crippen molar-refractivity contribution < 1.29 is 23.8 Å². The average Bonchev–Trinajstić information content (AvgIpc) is 3.26. The van der Waals surface area contributed by atoms with E-state index in [4.69, 9.17) is 26.1 Å². The fourth-order valence-electron chi connectivity index (χ4n) is 5.26. The van der Waals surface area contributed by atoms with Crippen molar-refractivity contribution >= 4 is 34.3 Å². The van der Waals surface area contributed by atoms with Crippen molar-refractivity contribution in [3.05, 3.63) is 88.2 Å². The molecule has 1 aromatic carbocycles. The average molecular weight is 563 g/mol. The number of ether oxygens (including phenoxy) is 2. The minimum atomic E-state index is -1.06. The molecule has 0 amide bonds. The number of benzene rings is 1. The Morgan fingerprint density at radius 2 is 2.08 bits per heavy atom. The van der Waals surface area contributed by atoms with Crippen molar-refractivity contribution in [1.29, 1.82) is 0 Å². The van der Waals surface area contributed by atoms with Crippen LogP contribution in [-0.4, -0.2) is 43.3 Å². The molecule has 1 fully saturated rings. The van der Waals surface area contributed by atoms with Crippen LogP contribution in [0.2, 0.25) is 5.02 Å². The maximum Gasteiger partial charge on any atom is 0.354 e. The predicted octanol–water partition coefficient (Wildman–Crippen LogP) is 6.11. The van der Waals surface area contributed by atoms with Crippen molar-refractivity contribution in [2.45, 2.75) is 51.4 Å². The second kappa shape index (κ2) is 11.3. The predicted molar refractivity (Wildman–Crippen MR) is 148 cm³/mol. The standard InChI is InChI=1S/C30H28ClFN4O4/c31-21-8-7-20(24(32)15-21)17-40-29-23(2-1-12-33-29)19-5-3-18(4-6-19)14-27-34-25-9-10-26(30(37)38)35-28(25)36(27)16-22-11-13-39-22/h1-2,5,7-10,12,15,18,22H,3-4,6,11,13-14,16-17H2,(H,37,38). The molecule has 1 aliphatic carbocycles. The van der Waals surface area contributed by atoms with E-state index in [1.54, 1.807) is 24.4 Å². The lowest BCUT2D eigenvalue weighted by atomic mass is 9.85. The molecule has 0 bridgehead atoms. The van der Waals surface area contributed by atoms with Gasteiger partial charge >= 0.3 is 5.97 Å². The maximum atomic E-state index is 14.2. The van der Waals surface area contributed by atoms with Gasteiger partial charge in [0, 0.05) is 35.4 Å². The van der Waals surface area contributed by atoms with Gasteiger partial charge in [-0.15, -0.1) is 0 Å². The van der Waals surface area contributed by atoms with E-state index in [1.165, 1.54) is 12.1 Å². The van der Waals surface area contributed by atoms with Gasteiger partial charge < -0.3 is 19.1 Å². The number of rotatable bonds is 9. The molecule has 8 nitrogen and oxygen atoms in total. The van der Waals surface area contributed by atoms with Crippen molar-refractivity contribution in [2.75, 3.05) is 6.61 Å². The highest BCUT2D eigenvalue weighted by atomic mass is 35.5. The zero-order valence-corrected chi connectivity index (χ0v) is 22.5. The first kappa shape index (κ1) is 26.4. The Morgan fingerprint density at radius 1 is 1.20 bits per heavy atom. The number of allylic oxidation sites excluding steroid dienone is 2. The van der Waals surface area contributed by atoms with Gasteiger partial charge in [0.15, 0.2) is 11.3 Å². The van der Waals surface area contributed by atoms with Gasteiger partial charge in [0.2, 0.25) is 5.88 Å². The number of halogens is 2. The lowest BCUT2D eigenvalue weighted by molar-refractivity contribution is -0.0591. The van der Waals surface area contributed by atoms with Crippen LogP contribution in [0.4, 0.5) is 4.39 Å². The lowest BCUT2D eigenvalue weighted by Crippen LogP contribution is -2.32. The summed E-state index contributed by atoms with van der Waals surface area (Å²) in [5, 5.41) is 9.78. The monoisotopic (exact) mass is 562 g/mol. The minimum Gasteiger partial charge on any atom is -0.477 e. The van der Waals surface area contributed by atoms with E-state index in [0.29, 0.717) is 40.1 Å². The van der Waals surface area contributed by atoms with Gasteiger partial charge in [0.1, 0.15) is 23.8 Å². The molecule has 4 heterocycles. The number of hydrogen-bond acceptors (Lipinski definition) is 6. The number of hydrogen-bond donors (Lipinski definition) is 1. The minimum absolute atomic E-state index is 0.00765. The zero-order chi connectivity index (χ0) is 27.6. The molecule has 2 aliphatic rings. The van der Waals surface area contributed by atoms with E-state index in [-0.39, 0.29) is 18.4 Å². The third-order valence-electron chi connectivity index (χ3n) is 7.56. The molecule has 1 aliphatic heterocycles. The molecule has 0 spiro atoms. The fraction of sp³-hybridized carbons (Fsp3) is 0.333. The van der Waals surface area contributed by atoms with E-state index >= 15 is 0 Å². The maximum absolute atomic E-state index is 14.2. The number of carboxylic acid groups (broad SMARTS) is 1. The first-order chi connectivity index (χ1) is 19.4. The number of fused-ring (bicyclic) bond motifs is 1. The van der Waals surface area contributed by atoms with Crippen molar-refractivity contribution in [3.8, 4) is 5.88 Å². The van der Waals surface area contributed by atoms with Crippen LogP contribution in [0.1, 0.15) is 53.1 Å². The van der Waals surface area contributed by atoms with Crippen LogP contribution in [0.15, 0.2) is 54.7 Å². The van der Waals surface area contributed by atoms with Crippen molar-refractivity contribution in [3.63, 3.8) is 0 Å². The molecule has 0 radical (unpaired) electrons. The summed E-state index contributed by atoms with van der Waals surface area (Å²) in [7, 11) is 0. The van der Waals surface area contributed by atoms with E-state index in [0.717, 1.165) is 55.7 Å². The Balaban J connectivity index is 1.18. The van der Waals surface area contributed by atoms with Crippen LogP contribution in [0.25, 0.3) is 16.7 Å². The molecule has 3 aromatic heterocycles. The summed E-state index contributed by atoms with van der Waals surface area (Å²) in [5.41, 5.74) is 3.77. The number of aromatic carboxylic acids is 1. The van der Waals surface area contributed by atoms with Gasteiger partial charge in [0.05, 0.1) is 12.6 Å². The normalized spacial score (nSPS) is 18.8. The van der Waals surface area contributed by atoms with Gasteiger partial charge in [-0.25, -0.2) is 24.1 Å². The molecule has 10 heteroatoms. The Hall–Kier alpha value is -3.82. The Labute approximate surface area is 235 Å². The number of carbonyl (C=O) groups is 1. The Bertz CT molecular complexity index is 1600. The molecule has 4 aromatic rings. The van der Waals surface area contributed by atoms with Crippen LogP contribution in [0.3, 0.4) is 0 Å². The number of aromatic nitrogens is 4. The topological polar surface area (TPSA) is 99.4 Å². The molecule has 206 valence electrons. The van der Waals surface area contributed by atoms with Gasteiger partial charge in [-0.05, 0) is 73.6 Å². The molecule has 1 saturated heterocycles. The molecule has 1 N–H and O–H groups in total. The van der Waals surface area contributed by atoms with E-state index in [2.05, 4.69) is 16.0 Å². The second-order valence-corrected chi connectivity index (χ2v) is 10.7. The Morgan fingerprint density at radius 3 is 2.80 bits per heavy atom. The summed E-state index contributed by atoms with van der Waals surface area (Å²) in [6.07, 6.45) is 8.35. The first-order valence-electron chi connectivity index (χ1n) is 13.4. The molecule has 2 atom stereocenters. The van der Waals surface area contributed by atoms with E-state index in [9.17, 15) is 14.3 Å². The molecule has 0 saturated carbocycles. The molecule has 2 unspecified atom stereocenters. The highest BCUT2D eigenvalue weighted by molar-refractivity contribution is 6.30. The summed E-state index contributed by atoms with van der Waals surface area (Å²) >= 11 is 5.87. The van der Waals surface area contributed by atoms with E-state index in [1.807, 2.05) is 16.7 Å². The molecular formula is C30H28ClFN4O4. The highest BCUT2D eigenvalue weighted by Crippen LogP contribution is 2.36. The lowest BCUT2D eigenvalue weighted by Gasteiger charge is -2.28. The van der Waals surface area contributed by atoms with Crippen LogP contribution in [0.5, 0.6) is 5.88 Å². The van der Waals surface area contributed by atoms with Gasteiger partial charge in [-0.2, -0.15) is 0 Å². The fourth-order valence-corrected chi connectivity index (χ4v) is 5.42. The van der Waals surface area contributed by atoms with Crippen LogP contribution in [0, 0.1) is 11.7 Å². The third-order valence-corrected chi connectivity index (χ3v) is 7.79. The summed E-state index contributed by atoms with van der Waals surface area (Å²) < 4.78 is 27.9. The third kappa shape index (κ3) is 5.57. The van der Waals surface area contributed by atoms with Crippen molar-refractivity contribution in [2.24, 2.45) is 5.92 Å². The molecule has 6 rings (SSSR count). The molecule has 40 heavy (non-hydrogen) atoms. The smallest absolute Gasteiger partial charge is 0.354 e. The largest absolute Gasteiger partial charge is 0.477 e. The number of carboxylic acids is 1. The number of imidazole rings is 1. The first-order valence-corrected chi connectivity index (χ1v) is 13.7. The van der Waals surface area contributed by atoms with Gasteiger partial charge in [-0.3, -0.25) is 0 Å². The van der Waals surface area contributed by atoms with Crippen LogP contribution >= 0.6 is 11.6 Å². The summed E-state index contributed by atoms with van der Waals surface area (Å²) in [6.45, 7) is 1.41. The summed E-state index contributed by atoms with van der Waals surface area (Å²) in [5.74, 6) is 0.277. The summed E-state index contributed by atoms with van der Waals surface area (Å²) in [6, 6.07) is 11.6. The highest BCUT2D eigenvalue weighted by Gasteiger charge is 2.26. The van der Waals surface area contributed by atoms with Gasteiger partial charge in [-0.1, -0.05) is 23.7 Å². The quantitative estimate of drug-likeness (QED) is 0.263. The zero-order valence-electron chi connectivity index (χ0n) is 21.7. The van der Waals surface area contributed by atoms with Crippen LogP contribution < -0.4 is 4.74 Å². The van der Waals surface area contributed by atoms with E-state index < -0.39 is 11.8 Å². The molecular weight excluding hydrogens is 535 g/mol.